The number of halogens is 1. The van der Waals surface area contributed by atoms with Crippen LogP contribution in [-0.4, -0.2) is 18.9 Å². The fourth-order valence-electron chi connectivity index (χ4n) is 1.81. The van der Waals surface area contributed by atoms with E-state index in [1.165, 1.54) is 0 Å². The van der Waals surface area contributed by atoms with E-state index in [1.54, 1.807) is 56.5 Å². The molecule has 0 fully saturated rings. The summed E-state index contributed by atoms with van der Waals surface area (Å²) in [6.45, 7) is 1.79. The minimum Gasteiger partial charge on any atom is -0.497 e. The molecule has 0 aliphatic carbocycles. The molecule has 2 rings (SSSR count). The molecule has 0 saturated carbocycles. The number of benzene rings is 2. The summed E-state index contributed by atoms with van der Waals surface area (Å²) >= 11 is 5.85. The van der Waals surface area contributed by atoms with Crippen LogP contribution in [0, 0.1) is 6.92 Å². The first-order valence-electron chi connectivity index (χ1n) is 6.52. The molecule has 6 heteroatoms. The number of methoxy groups -OCH3 is 1. The van der Waals surface area contributed by atoms with E-state index in [2.05, 4.69) is 10.6 Å². The third kappa shape index (κ3) is 3.99. The van der Waals surface area contributed by atoms with Gasteiger partial charge in [-0.05, 0) is 55.0 Å². The summed E-state index contributed by atoms with van der Waals surface area (Å²) in [4.78, 5) is 23.8. The molecule has 0 radical (unpaired) electrons. The van der Waals surface area contributed by atoms with Gasteiger partial charge in [0.2, 0.25) is 0 Å². The van der Waals surface area contributed by atoms with E-state index in [1.807, 2.05) is 0 Å². The summed E-state index contributed by atoms with van der Waals surface area (Å²) in [6.07, 6.45) is 0. The lowest BCUT2D eigenvalue weighted by molar-refractivity contribution is -0.133. The second-order valence-corrected chi connectivity index (χ2v) is 5.03. The third-order valence-corrected chi connectivity index (χ3v) is 3.23. The van der Waals surface area contributed by atoms with E-state index < -0.39 is 11.8 Å². The topological polar surface area (TPSA) is 67.4 Å². The number of aryl methyl sites for hydroxylation is 1. The maximum Gasteiger partial charge on any atom is 0.314 e. The molecule has 22 heavy (non-hydrogen) atoms. The predicted octanol–water partition coefficient (Wildman–Crippen LogP) is 3.23. The summed E-state index contributed by atoms with van der Waals surface area (Å²) in [5.74, 6) is -0.833. The van der Waals surface area contributed by atoms with Crippen molar-refractivity contribution in [2.45, 2.75) is 6.92 Å². The number of carbonyl (C=O) groups is 2. The lowest BCUT2D eigenvalue weighted by Crippen LogP contribution is -2.29. The maximum absolute atomic E-state index is 11.9. The first-order chi connectivity index (χ1) is 10.5. The van der Waals surface area contributed by atoms with Crippen LogP contribution < -0.4 is 15.4 Å². The number of amides is 2. The molecule has 0 aromatic heterocycles. The van der Waals surface area contributed by atoms with Crippen molar-refractivity contribution >= 4 is 34.8 Å². The Morgan fingerprint density at radius 2 is 1.64 bits per heavy atom. The SMILES string of the molecule is COc1ccc(NC(=O)C(=O)Nc2ccc(Cl)cc2C)cc1. The van der Waals surface area contributed by atoms with Crippen molar-refractivity contribution in [1.29, 1.82) is 0 Å². The lowest BCUT2D eigenvalue weighted by Gasteiger charge is -2.09. The van der Waals surface area contributed by atoms with Crippen molar-refractivity contribution in [3.05, 3.63) is 53.1 Å². The number of nitrogens with one attached hydrogen (secondary N) is 2. The van der Waals surface area contributed by atoms with Crippen LogP contribution in [0.2, 0.25) is 5.02 Å². The van der Waals surface area contributed by atoms with Crippen molar-refractivity contribution in [2.24, 2.45) is 0 Å². The molecule has 5 nitrogen and oxygen atoms in total. The Balaban J connectivity index is 2.01. The Kier molecular flexibility index (Phi) is 5.01. The van der Waals surface area contributed by atoms with Crippen LogP contribution in [0.25, 0.3) is 0 Å². The molecule has 0 spiro atoms. The number of hydrogen-bond donors (Lipinski definition) is 2. The Morgan fingerprint density at radius 1 is 1.00 bits per heavy atom. The maximum atomic E-state index is 11.9. The molecule has 0 heterocycles. The van der Waals surface area contributed by atoms with Gasteiger partial charge in [0.1, 0.15) is 5.75 Å². The van der Waals surface area contributed by atoms with Gasteiger partial charge in [-0.1, -0.05) is 11.6 Å². The zero-order valence-electron chi connectivity index (χ0n) is 12.1. The zero-order chi connectivity index (χ0) is 16.1. The Morgan fingerprint density at radius 3 is 2.23 bits per heavy atom. The quantitative estimate of drug-likeness (QED) is 0.854. The van der Waals surface area contributed by atoms with E-state index in [0.29, 0.717) is 22.1 Å². The highest BCUT2D eigenvalue weighted by atomic mass is 35.5. The van der Waals surface area contributed by atoms with Crippen molar-refractivity contribution in [3.8, 4) is 5.75 Å². The highest BCUT2D eigenvalue weighted by Crippen LogP contribution is 2.20. The lowest BCUT2D eigenvalue weighted by atomic mass is 10.2. The molecule has 0 unspecified atom stereocenters. The molecule has 2 N–H and O–H groups in total. The van der Waals surface area contributed by atoms with Gasteiger partial charge in [0.05, 0.1) is 7.11 Å². The monoisotopic (exact) mass is 318 g/mol. The van der Waals surface area contributed by atoms with Gasteiger partial charge >= 0.3 is 11.8 Å². The molecular weight excluding hydrogens is 304 g/mol. The highest BCUT2D eigenvalue weighted by Gasteiger charge is 2.15. The van der Waals surface area contributed by atoms with E-state index in [0.717, 1.165) is 5.56 Å². The van der Waals surface area contributed by atoms with Crippen molar-refractivity contribution in [1.82, 2.24) is 0 Å². The molecular formula is C16H15ClN2O3. The molecule has 114 valence electrons. The molecule has 2 aromatic rings. The zero-order valence-corrected chi connectivity index (χ0v) is 12.9. The molecule has 0 bridgehead atoms. The van der Waals surface area contributed by atoms with Gasteiger partial charge < -0.3 is 15.4 Å². The fraction of sp³-hybridized carbons (Fsp3) is 0.125. The highest BCUT2D eigenvalue weighted by molar-refractivity contribution is 6.43. The third-order valence-electron chi connectivity index (χ3n) is 2.99. The second kappa shape index (κ2) is 6.95. The first kappa shape index (κ1) is 15.9. The fourth-order valence-corrected chi connectivity index (χ4v) is 2.04. The van der Waals surface area contributed by atoms with Gasteiger partial charge in [0.25, 0.3) is 0 Å². The van der Waals surface area contributed by atoms with Gasteiger partial charge in [-0.3, -0.25) is 9.59 Å². The Labute approximate surface area is 133 Å². The largest absolute Gasteiger partial charge is 0.497 e. The van der Waals surface area contributed by atoms with Crippen LogP contribution >= 0.6 is 11.6 Å². The molecule has 0 aliphatic heterocycles. The van der Waals surface area contributed by atoms with E-state index >= 15 is 0 Å². The van der Waals surface area contributed by atoms with Crippen molar-refractivity contribution in [2.75, 3.05) is 17.7 Å². The minimum atomic E-state index is -0.750. The van der Waals surface area contributed by atoms with Crippen LogP contribution in [0.3, 0.4) is 0 Å². The Hall–Kier alpha value is -2.53. The summed E-state index contributed by atoms with van der Waals surface area (Å²) in [6, 6.07) is 11.7. The first-order valence-corrected chi connectivity index (χ1v) is 6.90. The van der Waals surface area contributed by atoms with E-state index in [9.17, 15) is 9.59 Å². The summed E-state index contributed by atoms with van der Waals surface area (Å²) < 4.78 is 5.02. The van der Waals surface area contributed by atoms with Crippen molar-refractivity contribution in [3.63, 3.8) is 0 Å². The van der Waals surface area contributed by atoms with E-state index in [-0.39, 0.29) is 0 Å². The summed E-state index contributed by atoms with van der Waals surface area (Å²) in [5.41, 5.74) is 1.83. The van der Waals surface area contributed by atoms with Gasteiger partial charge in [-0.15, -0.1) is 0 Å². The van der Waals surface area contributed by atoms with Crippen LogP contribution in [0.1, 0.15) is 5.56 Å². The van der Waals surface area contributed by atoms with Gasteiger partial charge in [0.15, 0.2) is 0 Å². The number of rotatable bonds is 3. The molecule has 2 amide bonds. The number of hydrogen-bond acceptors (Lipinski definition) is 3. The average Bonchev–Trinajstić information content (AvgIpc) is 2.50. The predicted molar refractivity (Wildman–Crippen MR) is 86.4 cm³/mol. The molecule has 2 aromatic carbocycles. The smallest absolute Gasteiger partial charge is 0.314 e. The number of ether oxygens (including phenoxy) is 1. The van der Waals surface area contributed by atoms with Gasteiger partial charge in [0, 0.05) is 16.4 Å². The number of anilines is 2. The molecule has 0 atom stereocenters. The van der Waals surface area contributed by atoms with Gasteiger partial charge in [-0.2, -0.15) is 0 Å². The van der Waals surface area contributed by atoms with Crippen LogP contribution in [-0.2, 0) is 9.59 Å². The average molecular weight is 319 g/mol. The Bertz CT molecular complexity index is 699. The van der Waals surface area contributed by atoms with E-state index in [4.69, 9.17) is 16.3 Å². The van der Waals surface area contributed by atoms with Crippen LogP contribution in [0.4, 0.5) is 11.4 Å². The molecule has 0 aliphatic rings. The van der Waals surface area contributed by atoms with Crippen molar-refractivity contribution < 1.29 is 14.3 Å². The standard InChI is InChI=1S/C16H15ClN2O3/c1-10-9-11(17)3-8-14(10)19-16(21)15(20)18-12-4-6-13(22-2)7-5-12/h3-9H,1-2H3,(H,18,20)(H,19,21). The normalized spacial score (nSPS) is 9.95. The van der Waals surface area contributed by atoms with Crippen LogP contribution in [0.5, 0.6) is 5.75 Å². The minimum absolute atomic E-state index is 0.508. The van der Waals surface area contributed by atoms with Crippen LogP contribution in [0.15, 0.2) is 42.5 Å². The molecule has 0 saturated heterocycles. The summed E-state index contributed by atoms with van der Waals surface area (Å²) in [5, 5.41) is 5.62. The second-order valence-electron chi connectivity index (χ2n) is 4.60. The number of carbonyl (C=O) groups excluding carboxylic acids is 2. The summed E-state index contributed by atoms with van der Waals surface area (Å²) in [7, 11) is 1.55. The van der Waals surface area contributed by atoms with Gasteiger partial charge in [-0.25, -0.2) is 0 Å².